The Morgan fingerprint density at radius 2 is 1.50 bits per heavy atom. The summed E-state index contributed by atoms with van der Waals surface area (Å²) in [5.41, 5.74) is 10.5. The molecule has 0 aliphatic carbocycles. The van der Waals surface area contributed by atoms with E-state index < -0.39 is 66.9 Å². The number of carboxylic acid groups (broad SMARTS) is 2. The van der Waals surface area contributed by atoms with E-state index >= 15 is 0 Å². The second-order valence-corrected chi connectivity index (χ2v) is 6.67. The topological polar surface area (TPSA) is 234 Å². The maximum Gasteiger partial charge on any atom is 0.326 e. The second-order valence-electron chi connectivity index (χ2n) is 6.67. The molecule has 0 rings (SSSR count). The van der Waals surface area contributed by atoms with Gasteiger partial charge >= 0.3 is 11.9 Å². The highest BCUT2D eigenvalue weighted by Crippen LogP contribution is 2.05. The Morgan fingerprint density at radius 3 is 1.97 bits per heavy atom. The quantitative estimate of drug-likeness (QED) is 0.121. The van der Waals surface area contributed by atoms with Gasteiger partial charge in [-0.1, -0.05) is 0 Å². The zero-order chi connectivity index (χ0) is 23.3. The Morgan fingerprint density at radius 1 is 0.867 bits per heavy atom. The average molecular weight is 433 g/mol. The first-order valence-electron chi connectivity index (χ1n) is 9.46. The van der Waals surface area contributed by atoms with Gasteiger partial charge in [0.05, 0.1) is 12.6 Å². The zero-order valence-corrected chi connectivity index (χ0v) is 16.8. The summed E-state index contributed by atoms with van der Waals surface area (Å²) < 4.78 is 0. The molecular weight excluding hydrogens is 402 g/mol. The Hall–Kier alpha value is -2.77. The standard InChI is InChI=1S/C17H31N5O8/c1-9(23)14(16(28)21-11(17(29)30)4-2-3-7-18)22-15(27)10(5-6-13(25)26)20-12(24)8-19/h9-11,14,23H,2-8,18-19H2,1H3,(H,20,24)(H,21,28)(H,22,27)(H,25,26)(H,29,30). The molecule has 0 fully saturated rings. The van der Waals surface area contributed by atoms with Gasteiger partial charge in [0.25, 0.3) is 0 Å². The van der Waals surface area contributed by atoms with Crippen molar-refractivity contribution in [2.45, 2.75) is 63.3 Å². The molecule has 0 aromatic rings. The van der Waals surface area contributed by atoms with Crippen LogP contribution in [0.4, 0.5) is 0 Å². The molecule has 0 aliphatic heterocycles. The molecule has 0 saturated heterocycles. The van der Waals surface area contributed by atoms with Crippen LogP contribution < -0.4 is 27.4 Å². The molecule has 0 aromatic heterocycles. The van der Waals surface area contributed by atoms with Crippen molar-refractivity contribution in [3.05, 3.63) is 0 Å². The van der Waals surface area contributed by atoms with Crippen molar-refractivity contribution in [2.24, 2.45) is 11.5 Å². The lowest BCUT2D eigenvalue weighted by Gasteiger charge is -2.26. The predicted octanol–water partition coefficient (Wildman–Crippen LogP) is -3.14. The number of hydrogen-bond acceptors (Lipinski definition) is 8. The van der Waals surface area contributed by atoms with Crippen molar-refractivity contribution in [1.29, 1.82) is 0 Å². The number of rotatable bonds is 15. The summed E-state index contributed by atoms with van der Waals surface area (Å²) in [4.78, 5) is 58.6. The first kappa shape index (κ1) is 27.2. The van der Waals surface area contributed by atoms with Gasteiger partial charge < -0.3 is 42.7 Å². The average Bonchev–Trinajstić information content (AvgIpc) is 2.67. The van der Waals surface area contributed by atoms with E-state index in [0.717, 1.165) is 0 Å². The number of nitrogens with one attached hydrogen (secondary N) is 3. The fraction of sp³-hybridized carbons (Fsp3) is 0.706. The smallest absolute Gasteiger partial charge is 0.326 e. The Kier molecular flexibility index (Phi) is 12.9. The molecule has 172 valence electrons. The summed E-state index contributed by atoms with van der Waals surface area (Å²) >= 11 is 0. The number of aliphatic carboxylic acids is 2. The van der Waals surface area contributed by atoms with Crippen molar-refractivity contribution >= 4 is 29.7 Å². The van der Waals surface area contributed by atoms with Gasteiger partial charge in [-0.3, -0.25) is 19.2 Å². The molecule has 30 heavy (non-hydrogen) atoms. The maximum atomic E-state index is 12.5. The molecule has 4 atom stereocenters. The number of aliphatic hydroxyl groups excluding tert-OH is 1. The lowest BCUT2D eigenvalue weighted by Crippen LogP contribution is -2.59. The van der Waals surface area contributed by atoms with Gasteiger partial charge in [-0.05, 0) is 39.2 Å². The van der Waals surface area contributed by atoms with Gasteiger partial charge in [-0.15, -0.1) is 0 Å². The van der Waals surface area contributed by atoms with Crippen molar-refractivity contribution in [1.82, 2.24) is 16.0 Å². The first-order chi connectivity index (χ1) is 14.0. The van der Waals surface area contributed by atoms with Crippen LogP contribution in [0, 0.1) is 0 Å². The fourth-order valence-electron chi connectivity index (χ4n) is 2.46. The first-order valence-corrected chi connectivity index (χ1v) is 9.46. The lowest BCUT2D eigenvalue weighted by molar-refractivity contribution is -0.143. The highest BCUT2D eigenvalue weighted by Gasteiger charge is 2.32. The number of carboxylic acids is 2. The molecule has 0 saturated carbocycles. The van der Waals surface area contributed by atoms with Gasteiger partial charge in [0, 0.05) is 6.42 Å². The summed E-state index contributed by atoms with van der Waals surface area (Å²) in [5, 5.41) is 34.6. The third-order valence-corrected chi connectivity index (χ3v) is 4.11. The molecular formula is C17H31N5O8. The van der Waals surface area contributed by atoms with Crippen LogP contribution in [0.5, 0.6) is 0 Å². The van der Waals surface area contributed by atoms with Gasteiger partial charge in [-0.2, -0.15) is 0 Å². The van der Waals surface area contributed by atoms with Gasteiger partial charge in [0.15, 0.2) is 0 Å². The summed E-state index contributed by atoms with van der Waals surface area (Å²) in [6.45, 7) is 1.12. The highest BCUT2D eigenvalue weighted by molar-refractivity contribution is 5.94. The van der Waals surface area contributed by atoms with Crippen LogP contribution in [0.1, 0.15) is 39.0 Å². The molecule has 0 aliphatic rings. The van der Waals surface area contributed by atoms with E-state index in [9.17, 15) is 34.2 Å². The molecule has 0 aromatic carbocycles. The predicted molar refractivity (Wildman–Crippen MR) is 104 cm³/mol. The Labute approximate surface area is 173 Å². The SMILES string of the molecule is CC(O)C(NC(=O)C(CCC(=O)O)NC(=O)CN)C(=O)NC(CCCCN)C(=O)O. The summed E-state index contributed by atoms with van der Waals surface area (Å²) in [6, 6.07) is -4.09. The van der Waals surface area contributed by atoms with E-state index in [1.54, 1.807) is 0 Å². The minimum Gasteiger partial charge on any atom is -0.481 e. The highest BCUT2D eigenvalue weighted by atomic mass is 16.4. The van der Waals surface area contributed by atoms with Crippen LogP contribution >= 0.6 is 0 Å². The van der Waals surface area contributed by atoms with Crippen LogP contribution in [0.3, 0.4) is 0 Å². The van der Waals surface area contributed by atoms with Crippen LogP contribution in [0.2, 0.25) is 0 Å². The molecule has 13 nitrogen and oxygen atoms in total. The number of carbonyl (C=O) groups is 5. The Bertz CT molecular complexity index is 613. The van der Waals surface area contributed by atoms with Crippen LogP contribution in [0.15, 0.2) is 0 Å². The Balaban J connectivity index is 5.23. The monoisotopic (exact) mass is 433 g/mol. The van der Waals surface area contributed by atoms with Crippen LogP contribution in [-0.4, -0.2) is 82.3 Å². The summed E-state index contributed by atoms with van der Waals surface area (Å²) in [6.07, 6.45) is -1.02. The molecule has 0 bridgehead atoms. The van der Waals surface area contributed by atoms with Crippen molar-refractivity contribution in [3.63, 3.8) is 0 Å². The third-order valence-electron chi connectivity index (χ3n) is 4.11. The number of hydrogen-bond donors (Lipinski definition) is 8. The largest absolute Gasteiger partial charge is 0.481 e. The van der Waals surface area contributed by atoms with Gasteiger partial charge in [-0.25, -0.2) is 4.79 Å². The maximum absolute atomic E-state index is 12.5. The molecule has 13 heteroatoms. The van der Waals surface area contributed by atoms with Gasteiger partial charge in [0.1, 0.15) is 18.1 Å². The van der Waals surface area contributed by atoms with E-state index in [0.29, 0.717) is 19.4 Å². The number of carbonyl (C=O) groups excluding carboxylic acids is 3. The minimum atomic E-state index is -1.53. The van der Waals surface area contributed by atoms with Crippen LogP contribution in [-0.2, 0) is 24.0 Å². The van der Waals surface area contributed by atoms with Crippen LogP contribution in [0.25, 0.3) is 0 Å². The summed E-state index contributed by atoms with van der Waals surface area (Å²) in [5.74, 6) is -5.08. The van der Waals surface area contributed by atoms with Crippen molar-refractivity contribution in [3.8, 4) is 0 Å². The van der Waals surface area contributed by atoms with E-state index in [-0.39, 0.29) is 12.8 Å². The van der Waals surface area contributed by atoms with Crippen molar-refractivity contribution < 1.29 is 39.3 Å². The lowest BCUT2D eigenvalue weighted by atomic mass is 10.1. The fourth-order valence-corrected chi connectivity index (χ4v) is 2.46. The molecule has 0 radical (unpaired) electrons. The molecule has 0 heterocycles. The number of nitrogens with two attached hydrogens (primary N) is 2. The van der Waals surface area contributed by atoms with Crippen molar-refractivity contribution in [2.75, 3.05) is 13.1 Å². The van der Waals surface area contributed by atoms with E-state index in [1.807, 2.05) is 0 Å². The third kappa shape index (κ3) is 10.7. The molecule has 4 unspecified atom stereocenters. The number of unbranched alkanes of at least 4 members (excludes halogenated alkanes) is 1. The normalized spacial score (nSPS) is 14.7. The molecule has 0 spiro atoms. The minimum absolute atomic E-state index is 0.104. The molecule has 10 N–H and O–H groups in total. The molecule has 3 amide bonds. The number of aliphatic hydroxyl groups is 1. The van der Waals surface area contributed by atoms with Gasteiger partial charge in [0.2, 0.25) is 17.7 Å². The van der Waals surface area contributed by atoms with E-state index in [4.69, 9.17) is 16.6 Å². The summed E-state index contributed by atoms with van der Waals surface area (Å²) in [7, 11) is 0. The van der Waals surface area contributed by atoms with E-state index in [2.05, 4.69) is 16.0 Å². The zero-order valence-electron chi connectivity index (χ0n) is 16.8. The van der Waals surface area contributed by atoms with E-state index in [1.165, 1.54) is 6.92 Å². The number of amides is 3. The second kappa shape index (κ2) is 14.3.